The summed E-state index contributed by atoms with van der Waals surface area (Å²) in [6, 6.07) is 7.26. The predicted molar refractivity (Wildman–Crippen MR) is 61.1 cm³/mol. The molecule has 0 aliphatic heterocycles. The van der Waals surface area contributed by atoms with Gasteiger partial charge in [-0.3, -0.25) is 4.79 Å². The number of benzene rings is 1. The minimum atomic E-state index is -0.134. The molecule has 0 radical (unpaired) electrons. The van der Waals surface area contributed by atoms with E-state index in [4.69, 9.17) is 10.2 Å². The number of aromatic nitrogens is 1. The summed E-state index contributed by atoms with van der Waals surface area (Å²) in [6.07, 6.45) is 0. The number of hydrogen-bond donors (Lipinski definition) is 1. The van der Waals surface area contributed by atoms with Gasteiger partial charge in [-0.15, -0.1) is 0 Å². The number of anilines is 1. The third kappa shape index (κ3) is 1.69. The van der Waals surface area contributed by atoms with Crippen LogP contribution < -0.4 is 5.73 Å². The smallest absolute Gasteiger partial charge is 0.229 e. The van der Waals surface area contributed by atoms with E-state index in [9.17, 15) is 4.79 Å². The van der Waals surface area contributed by atoms with Crippen LogP contribution in [-0.4, -0.2) is 10.8 Å². The molecule has 0 bridgehead atoms. The number of para-hydroxylation sites is 1. The highest BCUT2D eigenvalue weighted by Gasteiger charge is 2.15. The molecular weight excluding hydrogens is 204 g/mol. The molecule has 2 aromatic rings. The second-order valence-electron chi connectivity index (χ2n) is 3.58. The number of Topliss-reactive ketones (excluding diaryl/α,β-unsaturated/α-hetero) is 1. The number of aryl methyl sites for hydroxylation is 1. The third-order valence-electron chi connectivity index (χ3n) is 2.31. The molecule has 0 fully saturated rings. The van der Waals surface area contributed by atoms with E-state index in [1.165, 1.54) is 6.92 Å². The molecule has 0 saturated heterocycles. The molecule has 1 aromatic carbocycles. The van der Waals surface area contributed by atoms with E-state index < -0.39 is 0 Å². The molecule has 0 aliphatic carbocycles. The van der Waals surface area contributed by atoms with Crippen molar-refractivity contribution in [2.75, 3.05) is 5.73 Å². The molecule has 1 heterocycles. The minimum absolute atomic E-state index is 0.134. The van der Waals surface area contributed by atoms with Crippen molar-refractivity contribution in [2.45, 2.75) is 13.8 Å². The largest absolute Gasteiger partial charge is 0.433 e. The Labute approximate surface area is 93.1 Å². The maximum Gasteiger partial charge on any atom is 0.229 e. The maximum atomic E-state index is 11.2. The van der Waals surface area contributed by atoms with Crippen molar-refractivity contribution >= 4 is 11.5 Å². The zero-order valence-electron chi connectivity index (χ0n) is 9.15. The first-order valence-corrected chi connectivity index (χ1v) is 4.93. The molecule has 16 heavy (non-hydrogen) atoms. The van der Waals surface area contributed by atoms with Gasteiger partial charge in [0.1, 0.15) is 0 Å². The first-order valence-electron chi connectivity index (χ1n) is 4.93. The first kappa shape index (κ1) is 10.4. The van der Waals surface area contributed by atoms with Gasteiger partial charge < -0.3 is 10.2 Å². The van der Waals surface area contributed by atoms with Gasteiger partial charge in [0, 0.05) is 12.6 Å². The van der Waals surface area contributed by atoms with E-state index in [1.54, 1.807) is 13.0 Å². The van der Waals surface area contributed by atoms with Crippen LogP contribution in [0.2, 0.25) is 0 Å². The molecule has 1 aromatic heterocycles. The fourth-order valence-electron chi connectivity index (χ4n) is 1.53. The van der Waals surface area contributed by atoms with Gasteiger partial charge in [0.05, 0.1) is 11.3 Å². The van der Waals surface area contributed by atoms with E-state index in [2.05, 4.69) is 4.98 Å². The van der Waals surface area contributed by atoms with Crippen LogP contribution in [0.1, 0.15) is 23.2 Å². The number of nitrogen functional groups attached to an aromatic ring is 1. The number of nitrogens with zero attached hydrogens (tertiary/aromatic N) is 1. The standard InChI is InChI=1S/C12H12N2O2/c1-7-11(8(2)15)16-12(14-7)9-5-3-4-6-10(9)13/h3-6H,13H2,1-2H3. The first-order chi connectivity index (χ1) is 7.59. The lowest BCUT2D eigenvalue weighted by Crippen LogP contribution is -1.90. The monoisotopic (exact) mass is 216 g/mol. The highest BCUT2D eigenvalue weighted by Crippen LogP contribution is 2.26. The molecule has 0 saturated carbocycles. The summed E-state index contributed by atoms with van der Waals surface area (Å²) >= 11 is 0. The molecule has 0 aliphatic rings. The number of carbonyl (C=O) groups excluding carboxylic acids is 1. The summed E-state index contributed by atoms with van der Waals surface area (Å²) in [7, 11) is 0. The minimum Gasteiger partial charge on any atom is -0.433 e. The van der Waals surface area contributed by atoms with Crippen LogP contribution in [0, 0.1) is 6.92 Å². The van der Waals surface area contributed by atoms with Crippen molar-refractivity contribution in [3.8, 4) is 11.5 Å². The number of carbonyl (C=O) groups is 1. The Morgan fingerprint density at radius 3 is 2.62 bits per heavy atom. The summed E-state index contributed by atoms with van der Waals surface area (Å²) < 4.78 is 5.40. The van der Waals surface area contributed by atoms with E-state index in [1.807, 2.05) is 18.2 Å². The van der Waals surface area contributed by atoms with Crippen LogP contribution in [-0.2, 0) is 0 Å². The predicted octanol–water partition coefficient (Wildman–Crippen LogP) is 2.43. The zero-order valence-corrected chi connectivity index (χ0v) is 9.15. The maximum absolute atomic E-state index is 11.2. The van der Waals surface area contributed by atoms with E-state index in [-0.39, 0.29) is 5.78 Å². The third-order valence-corrected chi connectivity index (χ3v) is 2.31. The molecule has 0 atom stereocenters. The number of rotatable bonds is 2. The highest BCUT2D eigenvalue weighted by molar-refractivity contribution is 5.92. The Morgan fingerprint density at radius 2 is 2.06 bits per heavy atom. The van der Waals surface area contributed by atoms with Crippen LogP contribution in [0.5, 0.6) is 0 Å². The quantitative estimate of drug-likeness (QED) is 0.618. The fraction of sp³-hybridized carbons (Fsp3) is 0.167. The van der Waals surface area contributed by atoms with Gasteiger partial charge in [-0.2, -0.15) is 0 Å². The summed E-state index contributed by atoms with van der Waals surface area (Å²) in [5.74, 6) is 0.546. The van der Waals surface area contributed by atoms with E-state index in [0.717, 1.165) is 0 Å². The van der Waals surface area contributed by atoms with Gasteiger partial charge in [-0.25, -0.2) is 4.98 Å². The van der Waals surface area contributed by atoms with Crippen LogP contribution in [0.15, 0.2) is 28.7 Å². The van der Waals surface area contributed by atoms with Crippen LogP contribution in [0.4, 0.5) is 5.69 Å². The SMILES string of the molecule is CC(=O)c1oc(-c2ccccc2N)nc1C. The van der Waals surface area contributed by atoms with E-state index >= 15 is 0 Å². The molecule has 0 spiro atoms. The van der Waals surface area contributed by atoms with Gasteiger partial charge in [-0.05, 0) is 19.1 Å². The van der Waals surface area contributed by atoms with Crippen LogP contribution >= 0.6 is 0 Å². The van der Waals surface area contributed by atoms with Crippen LogP contribution in [0.25, 0.3) is 11.5 Å². The van der Waals surface area contributed by atoms with Crippen molar-refractivity contribution in [1.82, 2.24) is 4.98 Å². The summed E-state index contributed by atoms with van der Waals surface area (Å²) in [5, 5.41) is 0. The molecule has 2 rings (SSSR count). The normalized spacial score (nSPS) is 10.4. The fourth-order valence-corrected chi connectivity index (χ4v) is 1.53. The van der Waals surface area contributed by atoms with Crippen molar-refractivity contribution in [1.29, 1.82) is 0 Å². The molecule has 82 valence electrons. The summed E-state index contributed by atoms with van der Waals surface area (Å²) in [6.45, 7) is 3.19. The molecule has 2 N–H and O–H groups in total. The number of ketones is 1. The lowest BCUT2D eigenvalue weighted by atomic mass is 10.2. The average Bonchev–Trinajstić information content (AvgIpc) is 2.61. The lowest BCUT2D eigenvalue weighted by molar-refractivity contribution is 0.0987. The molecular formula is C12H12N2O2. The Kier molecular flexibility index (Phi) is 2.48. The molecule has 4 nitrogen and oxygen atoms in total. The molecule has 0 amide bonds. The Hall–Kier alpha value is -2.10. The lowest BCUT2D eigenvalue weighted by Gasteiger charge is -1.99. The zero-order chi connectivity index (χ0) is 11.7. The topological polar surface area (TPSA) is 69.1 Å². The van der Waals surface area contributed by atoms with E-state index in [0.29, 0.717) is 28.6 Å². The van der Waals surface area contributed by atoms with Crippen molar-refractivity contribution in [3.63, 3.8) is 0 Å². The second kappa shape index (κ2) is 3.81. The molecule has 0 unspecified atom stereocenters. The van der Waals surface area contributed by atoms with Crippen molar-refractivity contribution in [3.05, 3.63) is 35.7 Å². The number of hydrogen-bond acceptors (Lipinski definition) is 4. The highest BCUT2D eigenvalue weighted by atomic mass is 16.4. The van der Waals surface area contributed by atoms with Crippen molar-refractivity contribution in [2.24, 2.45) is 0 Å². The van der Waals surface area contributed by atoms with Gasteiger partial charge in [-0.1, -0.05) is 12.1 Å². The number of oxazole rings is 1. The number of nitrogens with two attached hydrogens (primary N) is 1. The average molecular weight is 216 g/mol. The van der Waals surface area contributed by atoms with Gasteiger partial charge >= 0.3 is 0 Å². The van der Waals surface area contributed by atoms with Gasteiger partial charge in [0.25, 0.3) is 0 Å². The Bertz CT molecular complexity index is 544. The van der Waals surface area contributed by atoms with Crippen LogP contribution in [0.3, 0.4) is 0 Å². The Balaban J connectivity index is 2.54. The Morgan fingerprint density at radius 1 is 1.38 bits per heavy atom. The molecule has 4 heteroatoms. The summed E-state index contributed by atoms with van der Waals surface area (Å²) in [4.78, 5) is 15.4. The second-order valence-corrected chi connectivity index (χ2v) is 3.58. The van der Waals surface area contributed by atoms with Gasteiger partial charge in [0.2, 0.25) is 5.89 Å². The van der Waals surface area contributed by atoms with Gasteiger partial charge in [0.15, 0.2) is 11.5 Å². The summed E-state index contributed by atoms with van der Waals surface area (Å²) in [5.41, 5.74) is 7.68. The van der Waals surface area contributed by atoms with Crippen molar-refractivity contribution < 1.29 is 9.21 Å².